The molecule has 1 unspecified atom stereocenters. The van der Waals surface area contributed by atoms with E-state index in [0.29, 0.717) is 25.4 Å². The van der Waals surface area contributed by atoms with Crippen LogP contribution >= 0.6 is 0 Å². The summed E-state index contributed by atoms with van der Waals surface area (Å²) in [5, 5.41) is 6.66. The van der Waals surface area contributed by atoms with E-state index >= 15 is 0 Å². The molecular weight excluding hydrogens is 355 g/mol. The number of nitrogens with zero attached hydrogens (tertiary/aromatic N) is 2. The fourth-order valence-corrected chi connectivity index (χ4v) is 3.23. The molecule has 0 radical (unpaired) electrons. The van der Waals surface area contributed by atoms with E-state index in [1.807, 2.05) is 42.2 Å². The van der Waals surface area contributed by atoms with E-state index in [4.69, 9.17) is 4.74 Å². The second kappa shape index (κ2) is 10.1. The van der Waals surface area contributed by atoms with Crippen LogP contribution in [-0.4, -0.2) is 38.8 Å². The number of anilines is 1. The molecule has 0 bridgehead atoms. The Labute approximate surface area is 166 Å². The molecule has 0 aliphatic carbocycles. The van der Waals surface area contributed by atoms with Crippen LogP contribution in [0.1, 0.15) is 31.0 Å². The van der Waals surface area contributed by atoms with Crippen LogP contribution in [0.2, 0.25) is 0 Å². The zero-order chi connectivity index (χ0) is 19.8. The van der Waals surface area contributed by atoms with Crippen LogP contribution in [-0.2, 0) is 11.3 Å². The summed E-state index contributed by atoms with van der Waals surface area (Å²) in [6.45, 7) is 8.03. The second-order valence-corrected chi connectivity index (χ2v) is 6.86. The highest BCUT2D eigenvalue weighted by Crippen LogP contribution is 2.22. The van der Waals surface area contributed by atoms with Crippen molar-refractivity contribution < 1.29 is 9.13 Å². The Balaban J connectivity index is 1.66. The first-order chi connectivity index (χ1) is 13.7. The summed E-state index contributed by atoms with van der Waals surface area (Å²) >= 11 is 0. The number of ether oxygens (including phenoxy) is 1. The highest BCUT2D eigenvalue weighted by atomic mass is 19.1. The van der Waals surface area contributed by atoms with Gasteiger partial charge in [0.2, 0.25) is 0 Å². The molecule has 1 fully saturated rings. The average molecular weight is 384 g/mol. The monoisotopic (exact) mass is 384 g/mol. The molecule has 1 aliphatic heterocycles. The molecule has 150 valence electrons. The molecule has 3 rings (SSSR count). The molecule has 2 N–H and O–H groups in total. The fourth-order valence-electron chi connectivity index (χ4n) is 3.23. The summed E-state index contributed by atoms with van der Waals surface area (Å²) in [6.07, 6.45) is 0. The van der Waals surface area contributed by atoms with Crippen LogP contribution in [0.25, 0.3) is 0 Å². The minimum absolute atomic E-state index is 0.124. The van der Waals surface area contributed by atoms with E-state index in [-0.39, 0.29) is 11.9 Å². The molecular formula is C22H29FN4O. The van der Waals surface area contributed by atoms with Crippen molar-refractivity contribution in [2.45, 2.75) is 26.4 Å². The van der Waals surface area contributed by atoms with Crippen LogP contribution in [0, 0.1) is 5.82 Å². The second-order valence-electron chi connectivity index (χ2n) is 6.86. The zero-order valence-electron chi connectivity index (χ0n) is 16.6. The molecule has 2 aromatic carbocycles. The first-order valence-electron chi connectivity index (χ1n) is 9.88. The summed E-state index contributed by atoms with van der Waals surface area (Å²) in [5.74, 6) is 0.515. The molecule has 1 aliphatic rings. The van der Waals surface area contributed by atoms with Gasteiger partial charge >= 0.3 is 0 Å². The van der Waals surface area contributed by atoms with E-state index in [2.05, 4.69) is 34.7 Å². The van der Waals surface area contributed by atoms with Crippen molar-refractivity contribution in [3.05, 3.63) is 65.5 Å². The average Bonchev–Trinajstić information content (AvgIpc) is 2.73. The van der Waals surface area contributed by atoms with Crippen LogP contribution in [0.3, 0.4) is 0 Å². The Hall–Kier alpha value is -2.60. The summed E-state index contributed by atoms with van der Waals surface area (Å²) in [6, 6.07) is 15.7. The highest BCUT2D eigenvalue weighted by molar-refractivity contribution is 5.80. The fraction of sp³-hybridized carbons (Fsp3) is 0.409. The van der Waals surface area contributed by atoms with Crippen LogP contribution in [0.5, 0.6) is 0 Å². The van der Waals surface area contributed by atoms with Gasteiger partial charge < -0.3 is 20.3 Å². The van der Waals surface area contributed by atoms with Gasteiger partial charge in [-0.15, -0.1) is 0 Å². The lowest BCUT2D eigenvalue weighted by atomic mass is 10.1. The molecule has 2 aromatic rings. The lowest BCUT2D eigenvalue weighted by molar-refractivity contribution is 0.122. The van der Waals surface area contributed by atoms with Crippen molar-refractivity contribution in [3.63, 3.8) is 0 Å². The van der Waals surface area contributed by atoms with E-state index in [1.54, 1.807) is 6.07 Å². The first kappa shape index (κ1) is 20.1. The smallest absolute Gasteiger partial charge is 0.192 e. The maximum absolute atomic E-state index is 14.6. The molecule has 0 spiro atoms. The Morgan fingerprint density at radius 3 is 2.61 bits per heavy atom. The number of guanidine groups is 1. The van der Waals surface area contributed by atoms with Gasteiger partial charge in [0.25, 0.3) is 0 Å². The summed E-state index contributed by atoms with van der Waals surface area (Å²) in [7, 11) is 0. The molecule has 28 heavy (non-hydrogen) atoms. The lowest BCUT2D eigenvalue weighted by Gasteiger charge is -2.29. The Morgan fingerprint density at radius 1 is 1.18 bits per heavy atom. The Kier molecular flexibility index (Phi) is 7.25. The number of nitrogens with one attached hydrogen (secondary N) is 2. The normalized spacial score (nSPS) is 16.0. The van der Waals surface area contributed by atoms with Gasteiger partial charge in [-0.1, -0.05) is 36.4 Å². The lowest BCUT2D eigenvalue weighted by Crippen LogP contribution is -2.38. The molecule has 0 aromatic heterocycles. The van der Waals surface area contributed by atoms with Gasteiger partial charge in [0.1, 0.15) is 5.82 Å². The van der Waals surface area contributed by atoms with Gasteiger partial charge in [-0.2, -0.15) is 0 Å². The summed E-state index contributed by atoms with van der Waals surface area (Å²) < 4.78 is 19.9. The molecule has 1 heterocycles. The molecule has 5 nitrogen and oxygen atoms in total. The van der Waals surface area contributed by atoms with Crippen molar-refractivity contribution in [2.75, 3.05) is 37.7 Å². The maximum atomic E-state index is 14.6. The quantitative estimate of drug-likeness (QED) is 0.591. The topological polar surface area (TPSA) is 48.9 Å². The van der Waals surface area contributed by atoms with Gasteiger partial charge in [0.15, 0.2) is 5.96 Å². The Bertz CT molecular complexity index is 775. The van der Waals surface area contributed by atoms with Crippen molar-refractivity contribution in [2.24, 2.45) is 4.99 Å². The largest absolute Gasteiger partial charge is 0.378 e. The highest BCUT2D eigenvalue weighted by Gasteiger charge is 2.15. The zero-order valence-corrected chi connectivity index (χ0v) is 16.6. The maximum Gasteiger partial charge on any atom is 0.192 e. The minimum atomic E-state index is -0.204. The first-order valence-corrected chi connectivity index (χ1v) is 9.88. The third-order valence-electron chi connectivity index (χ3n) is 4.78. The third-order valence-corrected chi connectivity index (χ3v) is 4.78. The van der Waals surface area contributed by atoms with Gasteiger partial charge in [0.05, 0.1) is 31.5 Å². The standard InChI is InChI=1S/C22H29FN4O/c1-3-24-22(26-17(2)19-7-5-4-6-8-19)25-16-18-9-10-21(20(23)15-18)27-11-13-28-14-12-27/h4-10,15,17H,3,11-14,16H2,1-2H3,(H2,24,25,26). The predicted octanol–water partition coefficient (Wildman–Crippen LogP) is 3.48. The molecule has 1 saturated heterocycles. The van der Waals surface area contributed by atoms with Crippen LogP contribution in [0.4, 0.5) is 10.1 Å². The molecule has 6 heteroatoms. The van der Waals surface area contributed by atoms with Gasteiger partial charge in [-0.05, 0) is 37.1 Å². The van der Waals surface area contributed by atoms with Crippen LogP contribution < -0.4 is 15.5 Å². The molecule has 0 saturated carbocycles. The SMILES string of the molecule is CCNC(=NCc1ccc(N2CCOCC2)c(F)c1)NC(C)c1ccccc1. The number of aliphatic imine (C=N–C) groups is 1. The molecule has 0 amide bonds. The number of morpholine rings is 1. The van der Waals surface area contributed by atoms with E-state index < -0.39 is 0 Å². The number of halogens is 1. The number of benzene rings is 2. The van der Waals surface area contributed by atoms with E-state index in [0.717, 1.165) is 31.2 Å². The Morgan fingerprint density at radius 2 is 1.93 bits per heavy atom. The van der Waals surface area contributed by atoms with Crippen molar-refractivity contribution in [1.82, 2.24) is 10.6 Å². The van der Waals surface area contributed by atoms with Crippen molar-refractivity contribution in [1.29, 1.82) is 0 Å². The van der Waals surface area contributed by atoms with Crippen molar-refractivity contribution >= 4 is 11.6 Å². The third kappa shape index (κ3) is 5.45. The van der Waals surface area contributed by atoms with Gasteiger partial charge in [-0.3, -0.25) is 0 Å². The van der Waals surface area contributed by atoms with Gasteiger partial charge in [0, 0.05) is 19.6 Å². The summed E-state index contributed by atoms with van der Waals surface area (Å²) in [4.78, 5) is 6.65. The minimum Gasteiger partial charge on any atom is -0.378 e. The predicted molar refractivity (Wildman–Crippen MR) is 112 cm³/mol. The van der Waals surface area contributed by atoms with Crippen LogP contribution in [0.15, 0.2) is 53.5 Å². The van der Waals surface area contributed by atoms with Gasteiger partial charge in [-0.25, -0.2) is 9.38 Å². The van der Waals surface area contributed by atoms with Crippen molar-refractivity contribution in [3.8, 4) is 0 Å². The number of hydrogen-bond acceptors (Lipinski definition) is 3. The van der Waals surface area contributed by atoms with E-state index in [9.17, 15) is 4.39 Å². The molecule has 1 atom stereocenters. The summed E-state index contributed by atoms with van der Waals surface area (Å²) in [5.41, 5.74) is 2.67. The number of rotatable bonds is 6. The number of hydrogen-bond donors (Lipinski definition) is 2. The van der Waals surface area contributed by atoms with E-state index in [1.165, 1.54) is 5.56 Å².